The number of amides is 1. The minimum Gasteiger partial charge on any atom is -0.318 e. The zero-order valence-electron chi connectivity index (χ0n) is 11.1. The van der Waals surface area contributed by atoms with Crippen molar-refractivity contribution in [3.8, 4) is 0 Å². The number of nitrogens with one attached hydrogen (secondary N) is 1. The monoisotopic (exact) mass is 356 g/mol. The van der Waals surface area contributed by atoms with E-state index in [0.29, 0.717) is 4.47 Å². The van der Waals surface area contributed by atoms with Gasteiger partial charge in [-0.1, -0.05) is 15.9 Å². The Kier molecular flexibility index (Phi) is 4.03. The van der Waals surface area contributed by atoms with Gasteiger partial charge in [-0.3, -0.25) is 19.6 Å². The van der Waals surface area contributed by atoms with E-state index in [4.69, 9.17) is 0 Å². The van der Waals surface area contributed by atoms with E-state index in [2.05, 4.69) is 26.3 Å². The number of rotatable bonds is 3. The van der Waals surface area contributed by atoms with Crippen molar-refractivity contribution in [3.05, 3.63) is 50.0 Å². The van der Waals surface area contributed by atoms with Gasteiger partial charge < -0.3 is 5.32 Å². The second-order valence-corrected chi connectivity index (χ2v) is 5.16. The second kappa shape index (κ2) is 5.60. The molecule has 2 aromatic rings. The zero-order valence-corrected chi connectivity index (χ0v) is 12.6. The molecule has 0 fully saturated rings. The summed E-state index contributed by atoms with van der Waals surface area (Å²) in [6.07, 6.45) is 0. The number of benzene rings is 1. The van der Waals surface area contributed by atoms with E-state index in [1.54, 1.807) is 6.07 Å². The highest BCUT2D eigenvalue weighted by molar-refractivity contribution is 9.10. The molecule has 0 aliphatic rings. The average Bonchev–Trinajstić information content (AvgIpc) is 2.67. The number of hydrogen-bond acceptors (Lipinski definition) is 4. The van der Waals surface area contributed by atoms with Crippen molar-refractivity contribution in [3.63, 3.8) is 0 Å². The number of halogens is 2. The summed E-state index contributed by atoms with van der Waals surface area (Å²) in [6, 6.07) is 4.08. The third-order valence-electron chi connectivity index (χ3n) is 2.77. The van der Waals surface area contributed by atoms with E-state index in [-0.39, 0.29) is 17.1 Å². The Morgan fingerprint density at radius 2 is 2.19 bits per heavy atom. The van der Waals surface area contributed by atoms with Gasteiger partial charge in [-0.25, -0.2) is 4.39 Å². The molecule has 0 atom stereocenters. The van der Waals surface area contributed by atoms with Crippen molar-refractivity contribution in [2.75, 3.05) is 5.32 Å². The third-order valence-corrected chi connectivity index (χ3v) is 3.26. The Morgan fingerprint density at radius 3 is 2.76 bits per heavy atom. The van der Waals surface area contributed by atoms with Crippen LogP contribution in [0.3, 0.4) is 0 Å². The van der Waals surface area contributed by atoms with Crippen molar-refractivity contribution in [2.45, 2.75) is 6.92 Å². The molecule has 0 spiro atoms. The van der Waals surface area contributed by atoms with Crippen LogP contribution in [0.25, 0.3) is 0 Å². The molecular formula is C12H10BrFN4O3. The Hall–Kier alpha value is -2.29. The number of aryl methyl sites for hydroxylation is 2. The number of nitrogens with zero attached hydrogens (tertiary/aromatic N) is 3. The first-order chi connectivity index (χ1) is 9.81. The van der Waals surface area contributed by atoms with Crippen LogP contribution in [0.4, 0.5) is 15.8 Å². The first-order valence-corrected chi connectivity index (χ1v) is 6.55. The number of carbonyl (C=O) groups is 1. The van der Waals surface area contributed by atoms with E-state index < -0.39 is 22.3 Å². The standard InChI is InChI=1S/C12H10BrFN4O3/c1-6-10(18(20)21)11(17(2)16-6)12(19)15-9-4-3-7(13)5-8(9)14/h3-5H,1-2H3,(H,15,19). The minimum absolute atomic E-state index is 0.0728. The molecule has 0 unspecified atom stereocenters. The topological polar surface area (TPSA) is 90.1 Å². The summed E-state index contributed by atoms with van der Waals surface area (Å²) in [4.78, 5) is 22.5. The Balaban J connectivity index is 2.39. The van der Waals surface area contributed by atoms with Crippen molar-refractivity contribution in [2.24, 2.45) is 7.05 Å². The molecule has 9 heteroatoms. The van der Waals surface area contributed by atoms with Crippen LogP contribution < -0.4 is 5.32 Å². The summed E-state index contributed by atoms with van der Waals surface area (Å²) in [6.45, 7) is 1.43. The lowest BCUT2D eigenvalue weighted by molar-refractivity contribution is -0.385. The van der Waals surface area contributed by atoms with E-state index in [9.17, 15) is 19.3 Å². The predicted octanol–water partition coefficient (Wildman–Crippen LogP) is 2.79. The van der Waals surface area contributed by atoms with Crippen LogP contribution in [0.5, 0.6) is 0 Å². The maximum atomic E-state index is 13.7. The van der Waals surface area contributed by atoms with Crippen LogP contribution in [-0.2, 0) is 7.05 Å². The SMILES string of the molecule is Cc1nn(C)c(C(=O)Nc2ccc(Br)cc2F)c1[N+](=O)[O-]. The molecule has 0 radical (unpaired) electrons. The second-order valence-electron chi connectivity index (χ2n) is 4.24. The average molecular weight is 357 g/mol. The van der Waals surface area contributed by atoms with Gasteiger partial charge in [0.1, 0.15) is 11.5 Å². The molecule has 21 heavy (non-hydrogen) atoms. The molecule has 1 N–H and O–H groups in total. The highest BCUT2D eigenvalue weighted by Crippen LogP contribution is 2.25. The van der Waals surface area contributed by atoms with Crippen LogP contribution in [0, 0.1) is 22.9 Å². The van der Waals surface area contributed by atoms with Gasteiger partial charge in [-0.05, 0) is 25.1 Å². The smallest absolute Gasteiger partial charge is 0.318 e. The van der Waals surface area contributed by atoms with E-state index >= 15 is 0 Å². The van der Waals surface area contributed by atoms with Crippen LogP contribution in [0.15, 0.2) is 22.7 Å². The van der Waals surface area contributed by atoms with E-state index in [0.717, 1.165) is 4.68 Å². The Morgan fingerprint density at radius 1 is 1.52 bits per heavy atom. The summed E-state index contributed by atoms with van der Waals surface area (Å²) in [7, 11) is 1.41. The molecule has 0 saturated carbocycles. The Labute approximate surface area is 127 Å². The zero-order chi connectivity index (χ0) is 15.7. The van der Waals surface area contributed by atoms with Crippen LogP contribution in [0.1, 0.15) is 16.2 Å². The summed E-state index contributed by atoms with van der Waals surface area (Å²) in [5, 5.41) is 17.2. The predicted molar refractivity (Wildman–Crippen MR) is 76.7 cm³/mol. The van der Waals surface area contributed by atoms with Gasteiger partial charge in [0.05, 0.1) is 10.6 Å². The van der Waals surface area contributed by atoms with Crippen LogP contribution in [-0.4, -0.2) is 20.6 Å². The normalized spacial score (nSPS) is 10.5. The number of nitro groups is 1. The van der Waals surface area contributed by atoms with Gasteiger partial charge in [-0.2, -0.15) is 5.10 Å². The highest BCUT2D eigenvalue weighted by Gasteiger charge is 2.29. The van der Waals surface area contributed by atoms with Crippen LogP contribution in [0.2, 0.25) is 0 Å². The van der Waals surface area contributed by atoms with Crippen molar-refractivity contribution in [1.82, 2.24) is 9.78 Å². The molecule has 0 bridgehead atoms. The molecule has 110 valence electrons. The third kappa shape index (κ3) is 2.92. The lowest BCUT2D eigenvalue weighted by Gasteiger charge is -2.06. The fourth-order valence-corrected chi connectivity index (χ4v) is 2.23. The van der Waals surface area contributed by atoms with Gasteiger partial charge in [0.2, 0.25) is 5.69 Å². The fraction of sp³-hybridized carbons (Fsp3) is 0.167. The highest BCUT2D eigenvalue weighted by atomic mass is 79.9. The van der Waals surface area contributed by atoms with Gasteiger partial charge >= 0.3 is 5.69 Å². The van der Waals surface area contributed by atoms with Gasteiger partial charge in [0, 0.05) is 11.5 Å². The maximum Gasteiger partial charge on any atom is 0.322 e. The summed E-state index contributed by atoms with van der Waals surface area (Å²) >= 11 is 3.10. The fourth-order valence-electron chi connectivity index (χ4n) is 1.89. The number of hydrogen-bond donors (Lipinski definition) is 1. The molecule has 1 aromatic carbocycles. The van der Waals surface area contributed by atoms with Gasteiger partial charge in [-0.15, -0.1) is 0 Å². The summed E-state index contributed by atoms with van der Waals surface area (Å²) in [5.41, 5.74) is -0.590. The molecule has 0 saturated heterocycles. The quantitative estimate of drug-likeness (QED) is 0.676. The maximum absolute atomic E-state index is 13.7. The van der Waals surface area contributed by atoms with E-state index in [1.807, 2.05) is 0 Å². The number of anilines is 1. The molecule has 7 nitrogen and oxygen atoms in total. The Bertz CT molecular complexity index is 744. The number of carbonyl (C=O) groups excluding carboxylic acids is 1. The summed E-state index contributed by atoms with van der Waals surface area (Å²) in [5.74, 6) is -1.45. The minimum atomic E-state index is -0.800. The summed E-state index contributed by atoms with van der Waals surface area (Å²) < 4.78 is 15.3. The van der Waals surface area contributed by atoms with Crippen LogP contribution >= 0.6 is 15.9 Å². The van der Waals surface area contributed by atoms with Crippen molar-refractivity contribution < 1.29 is 14.1 Å². The van der Waals surface area contributed by atoms with Crippen molar-refractivity contribution >= 4 is 33.2 Å². The molecule has 0 aliphatic heterocycles. The van der Waals surface area contributed by atoms with Gasteiger partial charge in [0.25, 0.3) is 5.91 Å². The molecule has 0 aliphatic carbocycles. The number of aromatic nitrogens is 2. The van der Waals surface area contributed by atoms with Crippen molar-refractivity contribution in [1.29, 1.82) is 0 Å². The first kappa shape index (κ1) is 15.1. The lowest BCUT2D eigenvalue weighted by atomic mass is 10.2. The lowest BCUT2D eigenvalue weighted by Crippen LogP contribution is -2.18. The first-order valence-electron chi connectivity index (χ1n) is 5.75. The molecule has 1 amide bonds. The van der Waals surface area contributed by atoms with Gasteiger partial charge in [0.15, 0.2) is 0 Å². The molecule has 2 rings (SSSR count). The van der Waals surface area contributed by atoms with E-state index in [1.165, 1.54) is 26.1 Å². The largest absolute Gasteiger partial charge is 0.322 e. The molecular weight excluding hydrogens is 347 g/mol. The molecule has 1 aromatic heterocycles. The molecule has 1 heterocycles.